The van der Waals surface area contributed by atoms with E-state index in [0.717, 1.165) is 12.0 Å². The third-order valence-electron chi connectivity index (χ3n) is 3.88. The Hall–Kier alpha value is -1.16. The van der Waals surface area contributed by atoms with Gasteiger partial charge in [0.05, 0.1) is 12.7 Å². The summed E-state index contributed by atoms with van der Waals surface area (Å²) in [6.45, 7) is 3.29. The van der Waals surface area contributed by atoms with Crippen LogP contribution in [-0.4, -0.2) is 20.2 Å². The van der Waals surface area contributed by atoms with Crippen molar-refractivity contribution in [2.45, 2.75) is 32.1 Å². The Labute approximate surface area is 113 Å². The summed E-state index contributed by atoms with van der Waals surface area (Å²) < 4.78 is 34.5. The minimum absolute atomic E-state index is 0.0428. The van der Waals surface area contributed by atoms with Gasteiger partial charge in [0, 0.05) is 5.92 Å². The molecule has 19 heavy (non-hydrogen) atoms. The Morgan fingerprint density at radius 2 is 2.00 bits per heavy atom. The third-order valence-corrected chi connectivity index (χ3v) is 3.88. The molecule has 0 spiro atoms. The van der Waals surface area contributed by atoms with E-state index in [2.05, 4.69) is 5.32 Å². The summed E-state index contributed by atoms with van der Waals surface area (Å²) in [6, 6.07) is 5.10. The van der Waals surface area contributed by atoms with E-state index in [1.807, 2.05) is 13.0 Å². The number of piperidine rings is 1. The molecule has 0 radical (unpaired) electrons. The van der Waals surface area contributed by atoms with Gasteiger partial charge in [-0.3, -0.25) is 0 Å². The molecular weight excluding hydrogens is 248 g/mol. The van der Waals surface area contributed by atoms with Gasteiger partial charge in [0.1, 0.15) is 5.75 Å². The van der Waals surface area contributed by atoms with Crippen molar-refractivity contribution in [3.63, 3.8) is 0 Å². The number of hydrogen-bond donors (Lipinski definition) is 1. The summed E-state index contributed by atoms with van der Waals surface area (Å²) in [5, 5.41) is 3.12. The van der Waals surface area contributed by atoms with Crippen molar-refractivity contribution in [1.29, 1.82) is 0 Å². The quantitative estimate of drug-likeness (QED) is 0.905. The molecule has 1 aliphatic rings. The third kappa shape index (κ3) is 2.89. The molecule has 1 aliphatic heterocycles. The van der Waals surface area contributed by atoms with Gasteiger partial charge >= 0.3 is 0 Å². The van der Waals surface area contributed by atoms with Gasteiger partial charge in [0.25, 0.3) is 5.92 Å². The summed E-state index contributed by atoms with van der Waals surface area (Å²) in [4.78, 5) is 0. The van der Waals surface area contributed by atoms with Crippen LogP contribution in [0.25, 0.3) is 0 Å². The van der Waals surface area contributed by atoms with E-state index in [1.54, 1.807) is 12.1 Å². The van der Waals surface area contributed by atoms with E-state index >= 15 is 0 Å². The number of hydrogen-bond acceptors (Lipinski definition) is 2. The lowest BCUT2D eigenvalue weighted by Crippen LogP contribution is -2.36. The van der Waals surface area contributed by atoms with Gasteiger partial charge in [0.15, 0.2) is 0 Å². The molecule has 1 heterocycles. The van der Waals surface area contributed by atoms with E-state index < -0.39 is 11.8 Å². The standard InChI is InChI=1S/C15H21F2NO/c1-3-11-4-5-14(19-2)13(10-11)15(16,17)12-6-8-18-9-7-12/h4-5,10,12,18H,3,6-9H2,1-2H3. The highest BCUT2D eigenvalue weighted by Gasteiger charge is 2.43. The van der Waals surface area contributed by atoms with Gasteiger partial charge in [-0.2, -0.15) is 0 Å². The second-order valence-corrected chi connectivity index (χ2v) is 5.04. The first-order valence-corrected chi connectivity index (χ1v) is 6.85. The molecule has 0 aliphatic carbocycles. The lowest BCUT2D eigenvalue weighted by molar-refractivity contribution is -0.0768. The summed E-state index contributed by atoms with van der Waals surface area (Å²) >= 11 is 0. The maximum absolute atomic E-state index is 14.7. The fourth-order valence-electron chi connectivity index (χ4n) is 2.64. The van der Waals surface area contributed by atoms with Gasteiger partial charge in [0.2, 0.25) is 0 Å². The van der Waals surface area contributed by atoms with Crippen molar-refractivity contribution >= 4 is 0 Å². The minimum Gasteiger partial charge on any atom is -0.496 e. The molecule has 0 saturated carbocycles. The van der Waals surface area contributed by atoms with Crippen LogP contribution in [0.5, 0.6) is 5.75 Å². The zero-order valence-electron chi connectivity index (χ0n) is 11.5. The first-order chi connectivity index (χ1) is 9.09. The summed E-state index contributed by atoms with van der Waals surface area (Å²) in [5.41, 5.74) is 0.964. The van der Waals surface area contributed by atoms with Crippen LogP contribution in [0.1, 0.15) is 30.9 Å². The number of ether oxygens (including phenoxy) is 1. The molecular formula is C15H21F2NO. The van der Waals surface area contributed by atoms with Crippen molar-refractivity contribution in [3.8, 4) is 5.75 Å². The van der Waals surface area contributed by atoms with Crippen molar-refractivity contribution < 1.29 is 13.5 Å². The number of aryl methyl sites for hydroxylation is 1. The van der Waals surface area contributed by atoms with Gasteiger partial charge < -0.3 is 10.1 Å². The van der Waals surface area contributed by atoms with Crippen molar-refractivity contribution in [2.75, 3.05) is 20.2 Å². The molecule has 1 aromatic carbocycles. The van der Waals surface area contributed by atoms with Crippen LogP contribution in [0.2, 0.25) is 0 Å². The Morgan fingerprint density at radius 3 is 2.58 bits per heavy atom. The van der Waals surface area contributed by atoms with Crippen molar-refractivity contribution in [1.82, 2.24) is 5.32 Å². The lowest BCUT2D eigenvalue weighted by atomic mass is 9.86. The Morgan fingerprint density at radius 1 is 1.32 bits per heavy atom. The topological polar surface area (TPSA) is 21.3 Å². The second kappa shape index (κ2) is 5.87. The predicted octanol–water partition coefficient (Wildman–Crippen LogP) is 3.35. The highest BCUT2D eigenvalue weighted by Crippen LogP contribution is 2.44. The monoisotopic (exact) mass is 269 g/mol. The van der Waals surface area contributed by atoms with Crippen molar-refractivity contribution in [2.24, 2.45) is 5.92 Å². The minimum atomic E-state index is -2.82. The number of halogens is 2. The van der Waals surface area contributed by atoms with Gasteiger partial charge in [-0.15, -0.1) is 0 Å². The number of benzene rings is 1. The average Bonchev–Trinajstić information content (AvgIpc) is 2.47. The molecule has 0 bridgehead atoms. The molecule has 1 fully saturated rings. The van der Waals surface area contributed by atoms with E-state index in [9.17, 15) is 8.78 Å². The molecule has 0 atom stereocenters. The highest BCUT2D eigenvalue weighted by molar-refractivity contribution is 5.40. The molecule has 2 rings (SSSR count). The molecule has 106 valence electrons. The SMILES string of the molecule is CCc1ccc(OC)c(C(F)(F)C2CCNCC2)c1. The molecule has 1 aromatic rings. The van der Waals surface area contributed by atoms with E-state index in [0.29, 0.717) is 31.7 Å². The highest BCUT2D eigenvalue weighted by atomic mass is 19.3. The Kier molecular flexibility index (Phi) is 4.40. The summed E-state index contributed by atoms with van der Waals surface area (Å²) in [5.74, 6) is -3.13. The second-order valence-electron chi connectivity index (χ2n) is 5.04. The number of methoxy groups -OCH3 is 1. The molecule has 0 unspecified atom stereocenters. The van der Waals surface area contributed by atoms with Crippen molar-refractivity contribution in [3.05, 3.63) is 29.3 Å². The smallest absolute Gasteiger partial charge is 0.279 e. The molecule has 1 N–H and O–H groups in total. The fraction of sp³-hybridized carbons (Fsp3) is 0.600. The fourth-order valence-corrected chi connectivity index (χ4v) is 2.64. The first kappa shape index (κ1) is 14.3. The maximum Gasteiger partial charge on any atom is 0.279 e. The van der Waals surface area contributed by atoms with Crippen LogP contribution < -0.4 is 10.1 Å². The van der Waals surface area contributed by atoms with Crippen LogP contribution in [0.4, 0.5) is 8.78 Å². The van der Waals surface area contributed by atoms with Crippen LogP contribution in [0, 0.1) is 5.92 Å². The first-order valence-electron chi connectivity index (χ1n) is 6.85. The Bertz CT molecular complexity index is 428. The Balaban J connectivity index is 2.36. The maximum atomic E-state index is 14.7. The molecule has 4 heteroatoms. The lowest BCUT2D eigenvalue weighted by Gasteiger charge is -2.31. The van der Waals surface area contributed by atoms with E-state index in [1.165, 1.54) is 7.11 Å². The van der Waals surface area contributed by atoms with Crippen LogP contribution in [-0.2, 0) is 12.3 Å². The number of nitrogens with one attached hydrogen (secondary N) is 1. The van der Waals surface area contributed by atoms with Crippen LogP contribution in [0.15, 0.2) is 18.2 Å². The van der Waals surface area contributed by atoms with Gasteiger partial charge in [-0.1, -0.05) is 13.0 Å². The molecule has 2 nitrogen and oxygen atoms in total. The molecule has 0 amide bonds. The van der Waals surface area contributed by atoms with Crippen LogP contribution in [0.3, 0.4) is 0 Å². The predicted molar refractivity (Wildman–Crippen MR) is 71.9 cm³/mol. The zero-order chi connectivity index (χ0) is 13.9. The van der Waals surface area contributed by atoms with Gasteiger partial charge in [-0.05, 0) is 50.0 Å². The van der Waals surface area contributed by atoms with Crippen LogP contribution >= 0.6 is 0 Å². The van der Waals surface area contributed by atoms with Gasteiger partial charge in [-0.25, -0.2) is 8.78 Å². The normalized spacial score (nSPS) is 17.5. The molecule has 0 aromatic heterocycles. The number of alkyl halides is 2. The average molecular weight is 269 g/mol. The zero-order valence-corrected chi connectivity index (χ0v) is 11.5. The van der Waals surface area contributed by atoms with E-state index in [4.69, 9.17) is 4.74 Å². The largest absolute Gasteiger partial charge is 0.496 e. The molecule has 1 saturated heterocycles. The number of rotatable bonds is 4. The summed E-state index contributed by atoms with van der Waals surface area (Å²) in [6.07, 6.45) is 1.76. The summed E-state index contributed by atoms with van der Waals surface area (Å²) in [7, 11) is 1.45. The van der Waals surface area contributed by atoms with E-state index in [-0.39, 0.29) is 5.56 Å².